The summed E-state index contributed by atoms with van der Waals surface area (Å²) < 4.78 is 1.91. The monoisotopic (exact) mass is 238 g/mol. The SMILES string of the molecule is Cc1nn(-c2ccccc2C#N)c2c1CCNC2. The number of para-hydroxylation sites is 1. The van der Waals surface area contributed by atoms with E-state index >= 15 is 0 Å². The maximum Gasteiger partial charge on any atom is 0.101 e. The van der Waals surface area contributed by atoms with Gasteiger partial charge in [-0.2, -0.15) is 10.4 Å². The molecule has 0 radical (unpaired) electrons. The van der Waals surface area contributed by atoms with Gasteiger partial charge in [-0.15, -0.1) is 0 Å². The quantitative estimate of drug-likeness (QED) is 0.822. The van der Waals surface area contributed by atoms with E-state index in [1.165, 1.54) is 11.3 Å². The zero-order valence-corrected chi connectivity index (χ0v) is 10.3. The molecular formula is C14H14N4. The molecule has 1 N–H and O–H groups in total. The van der Waals surface area contributed by atoms with E-state index in [-0.39, 0.29) is 0 Å². The summed E-state index contributed by atoms with van der Waals surface area (Å²) >= 11 is 0. The average molecular weight is 238 g/mol. The highest BCUT2D eigenvalue weighted by Crippen LogP contribution is 2.23. The first kappa shape index (κ1) is 11.0. The van der Waals surface area contributed by atoms with Crippen LogP contribution >= 0.6 is 0 Å². The fourth-order valence-electron chi connectivity index (χ4n) is 2.49. The third-order valence-electron chi connectivity index (χ3n) is 3.39. The molecule has 3 rings (SSSR count). The summed E-state index contributed by atoms with van der Waals surface area (Å²) in [7, 11) is 0. The molecule has 0 aliphatic carbocycles. The highest BCUT2D eigenvalue weighted by Gasteiger charge is 2.20. The molecule has 90 valence electrons. The van der Waals surface area contributed by atoms with Gasteiger partial charge in [0.15, 0.2) is 0 Å². The van der Waals surface area contributed by atoms with Crippen LogP contribution in [0.4, 0.5) is 0 Å². The molecule has 18 heavy (non-hydrogen) atoms. The number of aromatic nitrogens is 2. The maximum absolute atomic E-state index is 9.18. The minimum atomic E-state index is 0.661. The summed E-state index contributed by atoms with van der Waals surface area (Å²) in [5.41, 5.74) is 5.10. The van der Waals surface area contributed by atoms with Gasteiger partial charge in [-0.3, -0.25) is 0 Å². The molecule has 1 aliphatic heterocycles. The minimum absolute atomic E-state index is 0.661. The summed E-state index contributed by atoms with van der Waals surface area (Å²) in [6.07, 6.45) is 1.01. The van der Waals surface area contributed by atoms with Gasteiger partial charge in [-0.05, 0) is 37.6 Å². The number of benzene rings is 1. The van der Waals surface area contributed by atoms with Gasteiger partial charge in [0.25, 0.3) is 0 Å². The molecule has 1 aromatic heterocycles. The van der Waals surface area contributed by atoms with E-state index in [4.69, 9.17) is 0 Å². The standard InChI is InChI=1S/C14H14N4/c1-10-12-6-7-16-9-14(12)18(17-10)13-5-3-2-4-11(13)8-15/h2-5,16H,6-7,9H2,1H3. The van der Waals surface area contributed by atoms with Gasteiger partial charge >= 0.3 is 0 Å². The molecule has 0 fully saturated rings. The van der Waals surface area contributed by atoms with Gasteiger partial charge in [0.1, 0.15) is 6.07 Å². The fourth-order valence-corrected chi connectivity index (χ4v) is 2.49. The first-order valence-corrected chi connectivity index (χ1v) is 6.09. The molecule has 2 aromatic rings. The number of nitrogens with zero attached hydrogens (tertiary/aromatic N) is 3. The number of hydrogen-bond acceptors (Lipinski definition) is 3. The van der Waals surface area contributed by atoms with Crippen LogP contribution in [0.2, 0.25) is 0 Å². The second-order valence-electron chi connectivity index (χ2n) is 4.48. The van der Waals surface area contributed by atoms with Gasteiger partial charge < -0.3 is 5.32 Å². The Morgan fingerprint density at radius 1 is 1.39 bits per heavy atom. The van der Waals surface area contributed by atoms with Gasteiger partial charge in [-0.1, -0.05) is 12.1 Å². The number of aryl methyl sites for hydroxylation is 1. The van der Waals surface area contributed by atoms with Crippen LogP contribution in [0.1, 0.15) is 22.5 Å². The van der Waals surface area contributed by atoms with Crippen LogP contribution < -0.4 is 5.32 Å². The fraction of sp³-hybridized carbons (Fsp3) is 0.286. The van der Waals surface area contributed by atoms with Crippen LogP contribution in [-0.4, -0.2) is 16.3 Å². The summed E-state index contributed by atoms with van der Waals surface area (Å²) in [4.78, 5) is 0. The lowest BCUT2D eigenvalue weighted by molar-refractivity contribution is 0.614. The van der Waals surface area contributed by atoms with Crippen LogP contribution in [0, 0.1) is 18.3 Å². The van der Waals surface area contributed by atoms with E-state index in [1.807, 2.05) is 35.9 Å². The summed E-state index contributed by atoms with van der Waals surface area (Å²) in [5.74, 6) is 0. The second-order valence-corrected chi connectivity index (χ2v) is 4.48. The Balaban J connectivity index is 2.21. The molecule has 4 nitrogen and oxygen atoms in total. The van der Waals surface area contributed by atoms with Crippen LogP contribution in [0.25, 0.3) is 5.69 Å². The molecule has 0 amide bonds. The molecular weight excluding hydrogens is 224 g/mol. The van der Waals surface area contributed by atoms with Crippen molar-refractivity contribution in [3.8, 4) is 11.8 Å². The Labute approximate surface area is 106 Å². The molecule has 2 heterocycles. The van der Waals surface area contributed by atoms with Crippen LogP contribution in [0.15, 0.2) is 24.3 Å². The van der Waals surface area contributed by atoms with E-state index in [2.05, 4.69) is 16.5 Å². The Hall–Kier alpha value is -2.12. The number of fused-ring (bicyclic) bond motifs is 1. The van der Waals surface area contributed by atoms with Crippen molar-refractivity contribution in [3.63, 3.8) is 0 Å². The van der Waals surface area contributed by atoms with Crippen molar-refractivity contribution in [2.45, 2.75) is 19.9 Å². The lowest BCUT2D eigenvalue weighted by Gasteiger charge is -2.16. The van der Waals surface area contributed by atoms with Gasteiger partial charge in [0.2, 0.25) is 0 Å². The smallest absolute Gasteiger partial charge is 0.101 e. The van der Waals surface area contributed by atoms with E-state index in [0.29, 0.717) is 5.56 Å². The van der Waals surface area contributed by atoms with Crippen LogP contribution in [0.3, 0.4) is 0 Å². The van der Waals surface area contributed by atoms with E-state index in [1.54, 1.807) is 0 Å². The van der Waals surface area contributed by atoms with Crippen LogP contribution in [-0.2, 0) is 13.0 Å². The lowest BCUT2D eigenvalue weighted by Crippen LogP contribution is -2.25. The van der Waals surface area contributed by atoms with Crippen LogP contribution in [0.5, 0.6) is 0 Å². The topological polar surface area (TPSA) is 53.6 Å². The second kappa shape index (κ2) is 4.28. The largest absolute Gasteiger partial charge is 0.311 e. The molecule has 0 saturated heterocycles. The Bertz CT molecular complexity index is 634. The number of nitrogens with one attached hydrogen (secondary N) is 1. The predicted octanol–water partition coefficient (Wildman–Crippen LogP) is 1.70. The highest BCUT2D eigenvalue weighted by atomic mass is 15.3. The third kappa shape index (κ3) is 1.60. The predicted molar refractivity (Wildman–Crippen MR) is 68.4 cm³/mol. The number of hydrogen-bond donors (Lipinski definition) is 1. The minimum Gasteiger partial charge on any atom is -0.311 e. The van der Waals surface area contributed by atoms with Gasteiger partial charge in [0, 0.05) is 6.54 Å². The zero-order chi connectivity index (χ0) is 12.5. The van der Waals surface area contributed by atoms with Crippen molar-refractivity contribution in [2.75, 3.05) is 6.54 Å². The molecule has 1 aliphatic rings. The number of nitriles is 1. The zero-order valence-electron chi connectivity index (χ0n) is 10.3. The van der Waals surface area contributed by atoms with Crippen molar-refractivity contribution in [1.29, 1.82) is 5.26 Å². The summed E-state index contributed by atoms with van der Waals surface area (Å²) in [5, 5.41) is 17.1. The first-order chi connectivity index (χ1) is 8.81. The van der Waals surface area contributed by atoms with E-state index in [0.717, 1.165) is 30.9 Å². The van der Waals surface area contributed by atoms with Crippen molar-refractivity contribution in [2.24, 2.45) is 0 Å². The Morgan fingerprint density at radius 2 is 2.22 bits per heavy atom. The molecule has 1 aromatic carbocycles. The molecule has 0 unspecified atom stereocenters. The molecule has 0 spiro atoms. The molecule has 0 atom stereocenters. The van der Waals surface area contributed by atoms with E-state index in [9.17, 15) is 5.26 Å². The van der Waals surface area contributed by atoms with Crippen molar-refractivity contribution >= 4 is 0 Å². The lowest BCUT2D eigenvalue weighted by atomic mass is 10.1. The maximum atomic E-state index is 9.18. The summed E-state index contributed by atoms with van der Waals surface area (Å²) in [6, 6.07) is 9.82. The van der Waals surface area contributed by atoms with Crippen molar-refractivity contribution < 1.29 is 0 Å². The third-order valence-corrected chi connectivity index (χ3v) is 3.39. The first-order valence-electron chi connectivity index (χ1n) is 6.09. The average Bonchev–Trinajstić information content (AvgIpc) is 2.77. The molecule has 0 saturated carbocycles. The van der Waals surface area contributed by atoms with Crippen molar-refractivity contribution in [3.05, 3.63) is 46.8 Å². The van der Waals surface area contributed by atoms with E-state index < -0.39 is 0 Å². The molecule has 4 heteroatoms. The normalized spacial score (nSPS) is 14.0. The summed E-state index contributed by atoms with van der Waals surface area (Å²) in [6.45, 7) is 3.85. The Morgan fingerprint density at radius 3 is 3.06 bits per heavy atom. The van der Waals surface area contributed by atoms with Crippen molar-refractivity contribution in [1.82, 2.24) is 15.1 Å². The van der Waals surface area contributed by atoms with Gasteiger partial charge in [-0.25, -0.2) is 4.68 Å². The molecule has 0 bridgehead atoms. The highest BCUT2D eigenvalue weighted by molar-refractivity contribution is 5.50. The number of rotatable bonds is 1. The van der Waals surface area contributed by atoms with Gasteiger partial charge in [0.05, 0.1) is 22.6 Å². The Kier molecular flexibility index (Phi) is 2.62.